The predicted octanol–water partition coefficient (Wildman–Crippen LogP) is 5.53. The number of ether oxygens (including phenoxy) is 1. The van der Waals surface area contributed by atoms with Gasteiger partial charge in [-0.3, -0.25) is 15.4 Å². The van der Waals surface area contributed by atoms with Gasteiger partial charge in [-0.05, 0) is 88.7 Å². The van der Waals surface area contributed by atoms with Crippen molar-refractivity contribution in [2.45, 2.75) is 38.7 Å². The minimum absolute atomic E-state index is 0.0338. The average Bonchev–Trinajstić information content (AvgIpc) is 3.75. The molecule has 4 aromatic rings. The van der Waals surface area contributed by atoms with Crippen LogP contribution in [0, 0.1) is 28.5 Å². The number of carboxylic acids is 1. The highest BCUT2D eigenvalue weighted by atomic mass is 32.1. The minimum atomic E-state index is -2.61. The van der Waals surface area contributed by atoms with Crippen molar-refractivity contribution in [3.8, 4) is 17.6 Å². The summed E-state index contributed by atoms with van der Waals surface area (Å²) >= 11 is 2.52. The molecule has 18 heteroatoms. The third-order valence-electron chi connectivity index (χ3n) is 8.07. The fourth-order valence-corrected chi connectivity index (χ4v) is 7.83. The zero-order valence-electron chi connectivity index (χ0n) is 30.8. The number of amidine groups is 2. The molecule has 0 radical (unpaired) electrons. The molecule has 2 atom stereocenters. The quantitative estimate of drug-likeness (QED) is 0.0193. The van der Waals surface area contributed by atoms with Gasteiger partial charge in [0.15, 0.2) is 35.6 Å². The van der Waals surface area contributed by atoms with E-state index in [0.29, 0.717) is 53.5 Å². The molecule has 0 fully saturated rings. The number of aryl methyl sites for hydroxylation is 1. The molecule has 0 saturated heterocycles. The number of fused-ring (bicyclic) bond motifs is 1. The van der Waals surface area contributed by atoms with Crippen molar-refractivity contribution in [3.05, 3.63) is 76.1 Å². The number of anilines is 2. The molecule has 2 aromatic heterocycles. The Balaban J connectivity index is 1.47. The van der Waals surface area contributed by atoms with Crippen molar-refractivity contribution in [1.29, 1.82) is 10.8 Å². The first kappa shape index (κ1) is 43.2. The number of likely N-dealkylation sites (N-methyl/N-ethyl adjacent to an activating group) is 1. The molecule has 0 amide bonds. The number of rotatable bonds is 20. The number of aromatic nitrogens is 2. The molecule has 14 nitrogen and oxygen atoms in total. The van der Waals surface area contributed by atoms with Crippen LogP contribution in [0.25, 0.3) is 10.2 Å². The van der Waals surface area contributed by atoms with E-state index in [1.165, 1.54) is 29.5 Å². The molecule has 4 rings (SSSR count). The van der Waals surface area contributed by atoms with Gasteiger partial charge in [-0.15, -0.1) is 11.3 Å². The third-order valence-corrected chi connectivity index (χ3v) is 10.8. The van der Waals surface area contributed by atoms with Gasteiger partial charge in [-0.1, -0.05) is 35.3 Å². The van der Waals surface area contributed by atoms with Gasteiger partial charge in [0.05, 0.1) is 29.5 Å². The van der Waals surface area contributed by atoms with Gasteiger partial charge in [0.2, 0.25) is 0 Å². The zero-order valence-corrected chi connectivity index (χ0v) is 33.4. The number of nitrogens with zero attached hydrogens (tertiary/aromatic N) is 4. The lowest BCUT2D eigenvalue weighted by atomic mass is 10.1. The third kappa shape index (κ3) is 13.6. The lowest BCUT2D eigenvalue weighted by Gasteiger charge is -2.23. The lowest BCUT2D eigenvalue weighted by Crippen LogP contribution is -2.33. The van der Waals surface area contributed by atoms with Crippen molar-refractivity contribution in [2.75, 3.05) is 63.3 Å². The number of hydrogen-bond donors (Lipinski definition) is 7. The Hall–Kier alpha value is -4.53. The molecule has 294 valence electrons. The molecular formula is C37H46FN8O6PS2. The van der Waals surface area contributed by atoms with Gasteiger partial charge in [-0.2, -0.15) is 0 Å². The van der Waals surface area contributed by atoms with Crippen molar-refractivity contribution in [3.63, 3.8) is 0 Å². The lowest BCUT2D eigenvalue weighted by molar-refractivity contribution is 0.0690. The molecule has 0 spiro atoms. The number of hydrogen-bond acceptors (Lipinski definition) is 12. The van der Waals surface area contributed by atoms with E-state index >= 15 is 0 Å². The van der Waals surface area contributed by atoms with Crippen molar-refractivity contribution >= 4 is 68.8 Å². The van der Waals surface area contributed by atoms with Gasteiger partial charge in [-0.25, -0.2) is 19.2 Å². The summed E-state index contributed by atoms with van der Waals surface area (Å²) in [6.45, 7) is 3.12. The van der Waals surface area contributed by atoms with E-state index in [2.05, 4.69) is 32.4 Å². The smallest absolute Gasteiger partial charge is 0.355 e. The van der Waals surface area contributed by atoms with Gasteiger partial charge in [0.25, 0.3) is 0 Å². The number of aliphatic hydroxyl groups excluding tert-OH is 1. The first-order valence-electron chi connectivity index (χ1n) is 17.5. The van der Waals surface area contributed by atoms with Gasteiger partial charge >= 0.3 is 5.97 Å². The zero-order chi connectivity index (χ0) is 39.9. The summed E-state index contributed by atoms with van der Waals surface area (Å²) in [6, 6.07) is 12.1. The monoisotopic (exact) mass is 812 g/mol. The number of carboxylic acid groups (broad SMARTS) is 1. The van der Waals surface area contributed by atoms with E-state index in [1.54, 1.807) is 36.9 Å². The van der Waals surface area contributed by atoms with Crippen LogP contribution in [0.5, 0.6) is 5.75 Å². The highest BCUT2D eigenvalue weighted by Gasteiger charge is 2.23. The maximum Gasteiger partial charge on any atom is 0.355 e. The highest BCUT2D eigenvalue weighted by Crippen LogP contribution is 2.30. The van der Waals surface area contributed by atoms with Crippen LogP contribution in [0.4, 0.5) is 14.7 Å². The van der Waals surface area contributed by atoms with Gasteiger partial charge < -0.3 is 40.3 Å². The average molecular weight is 813 g/mol. The molecule has 7 N–H and O–H groups in total. The molecule has 0 bridgehead atoms. The number of para-hydroxylation sites is 1. The normalized spacial score (nSPS) is 12.6. The molecule has 0 aliphatic rings. The van der Waals surface area contributed by atoms with Crippen molar-refractivity contribution in [2.24, 2.45) is 0 Å². The Morgan fingerprint density at radius 2 is 1.95 bits per heavy atom. The molecule has 2 unspecified atom stereocenters. The standard InChI is InChI=1S/C37H46FN8O6PS2/c1-24(34(40)44-36-42-28-11-4-5-12-30(28)54-36)21-32(39)46(17-7-10-26(47)23-45(3)18-20-53(50)51)37-43-33(35(48)49)31(55-37)13-8-19-52-29-15-14-25(22-27(29)38)9-6-16-41-2/h4-5,11-12,14-15,21-22,26,39,41,47,53H,7-8,10,13,16-20,23H2,1-3H3,(H,48,49)(H,50,51)(H2,40,42,44)/b24-21-,39-32?. The molecular weight excluding hydrogens is 767 g/mol. The molecule has 0 aliphatic heterocycles. The van der Waals surface area contributed by atoms with Crippen LogP contribution in [0.15, 0.2) is 54.1 Å². The second-order valence-electron chi connectivity index (χ2n) is 12.6. The first-order chi connectivity index (χ1) is 26.3. The Morgan fingerprint density at radius 1 is 1.16 bits per heavy atom. The summed E-state index contributed by atoms with van der Waals surface area (Å²) < 4.78 is 32.4. The van der Waals surface area contributed by atoms with E-state index < -0.39 is 25.9 Å². The molecule has 0 aliphatic carbocycles. The molecule has 55 heavy (non-hydrogen) atoms. The van der Waals surface area contributed by atoms with Crippen LogP contribution in [0.1, 0.15) is 47.1 Å². The number of nitrogens with one attached hydrogen (secondary N) is 4. The number of aliphatic hydroxyl groups is 1. The Bertz CT molecular complexity index is 2050. The highest BCUT2D eigenvalue weighted by molar-refractivity contribution is 7.38. The number of thiazole rings is 2. The van der Waals surface area contributed by atoms with Crippen LogP contribution in [0.3, 0.4) is 0 Å². The summed E-state index contributed by atoms with van der Waals surface area (Å²) in [7, 11) is 0.909. The number of aromatic carboxylic acids is 1. The van der Waals surface area contributed by atoms with E-state index in [0.717, 1.165) is 21.6 Å². The second kappa shape index (κ2) is 21.5. The Kier molecular flexibility index (Phi) is 16.9. The second-order valence-corrected chi connectivity index (χ2v) is 15.9. The molecule has 2 aromatic carbocycles. The van der Waals surface area contributed by atoms with E-state index in [-0.39, 0.29) is 60.5 Å². The summed E-state index contributed by atoms with van der Waals surface area (Å²) in [5.74, 6) is 4.01. The first-order valence-corrected chi connectivity index (χ1v) is 20.7. The predicted molar refractivity (Wildman–Crippen MR) is 219 cm³/mol. The van der Waals surface area contributed by atoms with Crippen LogP contribution in [0.2, 0.25) is 0 Å². The van der Waals surface area contributed by atoms with Crippen LogP contribution >= 0.6 is 30.7 Å². The SMILES string of the molecule is CNCC#Cc1ccc(OCCCc2sc(N(CCCC(O)CN(C)CC[PH](=O)O)C(=N)/C=C(/C)C(=N)Nc3nc4ccccc4s3)nc2C(=O)O)c(F)c1. The largest absolute Gasteiger partial charge is 0.491 e. The summed E-state index contributed by atoms with van der Waals surface area (Å²) in [6.07, 6.45) is 2.24. The Labute approximate surface area is 328 Å². The summed E-state index contributed by atoms with van der Waals surface area (Å²) in [5, 5.41) is 45.1. The van der Waals surface area contributed by atoms with Crippen LogP contribution in [-0.4, -0.2) is 107 Å². The maximum absolute atomic E-state index is 14.6. The topological polar surface area (TPSA) is 208 Å². The molecule has 2 heterocycles. The van der Waals surface area contributed by atoms with Crippen LogP contribution < -0.4 is 20.3 Å². The fourth-order valence-electron chi connectivity index (χ4n) is 5.26. The number of halogens is 1. The van der Waals surface area contributed by atoms with Crippen LogP contribution in [-0.2, 0) is 11.0 Å². The maximum atomic E-state index is 14.6. The Morgan fingerprint density at radius 3 is 2.65 bits per heavy atom. The van der Waals surface area contributed by atoms with Crippen molar-refractivity contribution < 1.29 is 33.6 Å². The number of carbonyl (C=O) groups is 1. The van der Waals surface area contributed by atoms with Gasteiger partial charge in [0.1, 0.15) is 11.7 Å². The molecule has 0 saturated carbocycles. The summed E-state index contributed by atoms with van der Waals surface area (Å²) in [5.41, 5.74) is 1.58. The van der Waals surface area contributed by atoms with E-state index in [1.807, 2.05) is 24.3 Å². The fraction of sp³-hybridized carbons (Fsp3) is 0.378. The van der Waals surface area contributed by atoms with Crippen molar-refractivity contribution in [1.82, 2.24) is 20.2 Å². The van der Waals surface area contributed by atoms with Gasteiger partial charge in [0, 0.05) is 36.2 Å². The van der Waals surface area contributed by atoms with E-state index in [9.17, 15) is 24.0 Å². The summed E-state index contributed by atoms with van der Waals surface area (Å²) in [4.78, 5) is 34.2. The minimum Gasteiger partial charge on any atom is -0.491 e. The number of benzene rings is 2. The van der Waals surface area contributed by atoms with E-state index in [4.69, 9.17) is 20.4 Å².